The van der Waals surface area contributed by atoms with Gasteiger partial charge in [-0.05, 0) is 18.2 Å². The van der Waals surface area contributed by atoms with Gasteiger partial charge in [0.1, 0.15) is 5.75 Å². The maximum absolute atomic E-state index is 5.36. The standard InChI is InChI=1S/C11H11NO.C2H6/c1-3-11(12-4-2)13-10-8-6-5-7-9-10;1-2/h3-9H,1-2H2;1-2H3. The third-order valence-corrected chi connectivity index (χ3v) is 1.36. The van der Waals surface area contributed by atoms with Gasteiger partial charge in [-0.1, -0.05) is 45.2 Å². The summed E-state index contributed by atoms with van der Waals surface area (Å²) in [5.41, 5.74) is 0. The van der Waals surface area contributed by atoms with Gasteiger partial charge in [-0.3, -0.25) is 0 Å². The van der Waals surface area contributed by atoms with Crippen molar-refractivity contribution in [3.63, 3.8) is 0 Å². The van der Waals surface area contributed by atoms with Crippen molar-refractivity contribution in [2.75, 3.05) is 0 Å². The molecule has 0 N–H and O–H groups in total. The number of ether oxygens (including phenoxy) is 1. The van der Waals surface area contributed by atoms with E-state index in [0.717, 1.165) is 5.75 Å². The van der Waals surface area contributed by atoms with E-state index >= 15 is 0 Å². The molecule has 2 nitrogen and oxygen atoms in total. The molecule has 0 aliphatic heterocycles. The molecule has 1 aromatic carbocycles. The zero-order chi connectivity index (χ0) is 11.5. The van der Waals surface area contributed by atoms with Gasteiger partial charge >= 0.3 is 0 Å². The summed E-state index contributed by atoms with van der Waals surface area (Å²) < 4.78 is 5.36. The van der Waals surface area contributed by atoms with E-state index in [2.05, 4.69) is 18.2 Å². The SMILES string of the molecule is C=CN=C(C=C)Oc1ccccc1.CC. The molecule has 0 aliphatic carbocycles. The topological polar surface area (TPSA) is 21.6 Å². The highest BCUT2D eigenvalue weighted by atomic mass is 16.5. The number of para-hydroxylation sites is 1. The Kier molecular flexibility index (Phi) is 7.69. The van der Waals surface area contributed by atoms with E-state index in [1.807, 2.05) is 44.2 Å². The van der Waals surface area contributed by atoms with Crippen LogP contribution >= 0.6 is 0 Å². The molecule has 0 saturated heterocycles. The van der Waals surface area contributed by atoms with Gasteiger partial charge < -0.3 is 4.74 Å². The monoisotopic (exact) mass is 203 g/mol. The van der Waals surface area contributed by atoms with Crippen molar-refractivity contribution in [1.82, 2.24) is 0 Å². The highest BCUT2D eigenvalue weighted by Gasteiger charge is 1.94. The van der Waals surface area contributed by atoms with E-state index in [9.17, 15) is 0 Å². The molecular weight excluding hydrogens is 186 g/mol. The molecule has 0 radical (unpaired) electrons. The predicted molar refractivity (Wildman–Crippen MR) is 66.2 cm³/mol. The minimum atomic E-state index is 0.446. The van der Waals surface area contributed by atoms with E-state index in [1.54, 1.807) is 0 Å². The lowest BCUT2D eigenvalue weighted by atomic mass is 10.3. The summed E-state index contributed by atoms with van der Waals surface area (Å²) in [4.78, 5) is 3.88. The summed E-state index contributed by atoms with van der Waals surface area (Å²) in [6.45, 7) is 11.0. The Bertz CT molecular complexity index is 315. The Balaban J connectivity index is 0.000000921. The van der Waals surface area contributed by atoms with Crippen LogP contribution in [0.1, 0.15) is 13.8 Å². The highest BCUT2D eigenvalue weighted by molar-refractivity contribution is 5.89. The summed E-state index contributed by atoms with van der Waals surface area (Å²) in [6, 6.07) is 9.41. The third-order valence-electron chi connectivity index (χ3n) is 1.36. The van der Waals surface area contributed by atoms with Gasteiger partial charge in [0.15, 0.2) is 0 Å². The largest absolute Gasteiger partial charge is 0.439 e. The number of hydrogen-bond acceptors (Lipinski definition) is 2. The van der Waals surface area contributed by atoms with Crippen LogP contribution in [0.3, 0.4) is 0 Å². The Labute approximate surface area is 91.6 Å². The maximum Gasteiger partial charge on any atom is 0.218 e. The molecule has 1 aromatic rings. The first-order valence-corrected chi connectivity index (χ1v) is 4.91. The van der Waals surface area contributed by atoms with Crippen LogP contribution in [0.5, 0.6) is 5.75 Å². The van der Waals surface area contributed by atoms with Crippen molar-refractivity contribution in [3.05, 3.63) is 55.8 Å². The van der Waals surface area contributed by atoms with Gasteiger partial charge in [-0.15, -0.1) is 0 Å². The zero-order valence-electron chi connectivity index (χ0n) is 9.31. The smallest absolute Gasteiger partial charge is 0.218 e. The third kappa shape index (κ3) is 5.47. The lowest BCUT2D eigenvalue weighted by Crippen LogP contribution is -2.03. The number of aliphatic imine (C=N–C) groups is 1. The summed E-state index contributed by atoms with van der Waals surface area (Å²) in [7, 11) is 0. The van der Waals surface area contributed by atoms with Crippen molar-refractivity contribution in [2.24, 2.45) is 4.99 Å². The summed E-state index contributed by atoms with van der Waals surface area (Å²) >= 11 is 0. The second kappa shape index (κ2) is 8.75. The molecular formula is C13H17NO. The van der Waals surface area contributed by atoms with Gasteiger partial charge in [0, 0.05) is 6.20 Å². The van der Waals surface area contributed by atoms with Crippen LogP contribution in [-0.4, -0.2) is 5.90 Å². The molecule has 0 heterocycles. The molecule has 80 valence electrons. The van der Waals surface area contributed by atoms with E-state index in [4.69, 9.17) is 4.74 Å². The van der Waals surface area contributed by atoms with Crippen LogP contribution in [0, 0.1) is 0 Å². The second-order valence-electron chi connectivity index (χ2n) is 2.27. The molecule has 0 aliphatic rings. The molecule has 0 spiro atoms. The van der Waals surface area contributed by atoms with Crippen LogP contribution in [0.15, 0.2) is 60.8 Å². The van der Waals surface area contributed by atoms with E-state index < -0.39 is 0 Å². The van der Waals surface area contributed by atoms with Crippen LogP contribution in [0.4, 0.5) is 0 Å². The van der Waals surface area contributed by atoms with Crippen molar-refractivity contribution >= 4 is 5.90 Å². The molecule has 0 saturated carbocycles. The summed E-state index contributed by atoms with van der Waals surface area (Å²) in [6.07, 6.45) is 2.95. The van der Waals surface area contributed by atoms with Gasteiger partial charge in [0.2, 0.25) is 5.90 Å². The molecule has 2 heteroatoms. The molecule has 0 amide bonds. The van der Waals surface area contributed by atoms with E-state index in [1.165, 1.54) is 12.3 Å². The molecule has 0 atom stereocenters. The highest BCUT2D eigenvalue weighted by Crippen LogP contribution is 2.08. The Morgan fingerprint density at radius 3 is 2.27 bits per heavy atom. The normalized spacial score (nSPS) is 9.60. The fourth-order valence-corrected chi connectivity index (χ4v) is 0.820. The van der Waals surface area contributed by atoms with Crippen LogP contribution in [0.25, 0.3) is 0 Å². The molecule has 0 fully saturated rings. The first kappa shape index (κ1) is 13.2. The quantitative estimate of drug-likeness (QED) is 0.540. The summed E-state index contributed by atoms with van der Waals surface area (Å²) in [5, 5.41) is 0. The average Bonchev–Trinajstić information content (AvgIpc) is 2.32. The van der Waals surface area contributed by atoms with Crippen molar-refractivity contribution in [3.8, 4) is 5.75 Å². The molecule has 1 rings (SSSR count). The Morgan fingerprint density at radius 1 is 1.20 bits per heavy atom. The second-order valence-corrected chi connectivity index (χ2v) is 2.27. The van der Waals surface area contributed by atoms with Gasteiger partial charge in [-0.25, -0.2) is 4.99 Å². The maximum atomic E-state index is 5.36. The van der Waals surface area contributed by atoms with Gasteiger partial charge in [-0.2, -0.15) is 0 Å². The van der Waals surface area contributed by atoms with E-state index in [0.29, 0.717) is 5.90 Å². The minimum Gasteiger partial charge on any atom is -0.439 e. The van der Waals surface area contributed by atoms with Crippen LogP contribution in [0.2, 0.25) is 0 Å². The van der Waals surface area contributed by atoms with Crippen LogP contribution < -0.4 is 4.74 Å². The first-order chi connectivity index (χ1) is 7.36. The fraction of sp³-hybridized carbons (Fsp3) is 0.154. The average molecular weight is 203 g/mol. The predicted octanol–water partition coefficient (Wildman–Crippen LogP) is 3.82. The van der Waals surface area contributed by atoms with Crippen LogP contribution in [-0.2, 0) is 0 Å². The minimum absolute atomic E-state index is 0.446. The first-order valence-electron chi connectivity index (χ1n) is 4.91. The van der Waals surface area contributed by atoms with E-state index in [-0.39, 0.29) is 0 Å². The van der Waals surface area contributed by atoms with Gasteiger partial charge in [0.05, 0.1) is 0 Å². The number of rotatable bonds is 3. The molecule has 15 heavy (non-hydrogen) atoms. The number of hydrogen-bond donors (Lipinski definition) is 0. The lowest BCUT2D eigenvalue weighted by molar-refractivity contribution is 0.555. The molecule has 0 unspecified atom stereocenters. The zero-order valence-corrected chi connectivity index (χ0v) is 9.31. The Morgan fingerprint density at radius 2 is 1.80 bits per heavy atom. The Hall–Kier alpha value is -1.83. The number of benzene rings is 1. The number of nitrogens with zero attached hydrogens (tertiary/aromatic N) is 1. The molecule has 0 bridgehead atoms. The summed E-state index contributed by atoms with van der Waals surface area (Å²) in [5.74, 6) is 1.18. The lowest BCUT2D eigenvalue weighted by Gasteiger charge is -2.02. The van der Waals surface area contributed by atoms with Gasteiger partial charge in [0.25, 0.3) is 0 Å². The van der Waals surface area contributed by atoms with Crippen molar-refractivity contribution in [2.45, 2.75) is 13.8 Å². The fourth-order valence-electron chi connectivity index (χ4n) is 0.820. The van der Waals surface area contributed by atoms with Crippen molar-refractivity contribution in [1.29, 1.82) is 0 Å². The molecule has 0 aromatic heterocycles. The van der Waals surface area contributed by atoms with Crippen molar-refractivity contribution < 1.29 is 4.74 Å².